The van der Waals surface area contributed by atoms with Crippen molar-refractivity contribution in [2.75, 3.05) is 39.9 Å². The smallest absolute Gasteiger partial charge is 0.407 e. The third-order valence-electron chi connectivity index (χ3n) is 5.38. The number of nitrogens with zero attached hydrogens (tertiary/aromatic N) is 1. The zero-order valence-electron chi connectivity index (χ0n) is 21.1. The van der Waals surface area contributed by atoms with Crippen LogP contribution in [0.4, 0.5) is 4.79 Å². The fraction of sp³-hybridized carbons (Fsp3) is 0.625. The van der Waals surface area contributed by atoms with Crippen LogP contribution in [0.2, 0.25) is 51.4 Å². The molecule has 0 saturated carbocycles. The molecular weight excluding hydrogens is 454 g/mol. The van der Waals surface area contributed by atoms with Crippen LogP contribution in [-0.4, -0.2) is 72.1 Å². The van der Waals surface area contributed by atoms with E-state index in [0.29, 0.717) is 44.2 Å². The highest BCUT2D eigenvalue weighted by Gasteiger charge is 2.21. The Morgan fingerprint density at radius 2 is 1.58 bits per heavy atom. The predicted octanol–water partition coefficient (Wildman–Crippen LogP) is 5.84. The van der Waals surface area contributed by atoms with Crippen LogP contribution in [-0.2, 0) is 9.47 Å². The minimum absolute atomic E-state index is 0.142. The molecule has 1 amide bonds. The van der Waals surface area contributed by atoms with E-state index in [0.717, 1.165) is 23.2 Å². The molecule has 2 rings (SSSR count). The van der Waals surface area contributed by atoms with Crippen LogP contribution in [0.3, 0.4) is 0 Å². The fourth-order valence-electron chi connectivity index (χ4n) is 3.20. The van der Waals surface area contributed by atoms with E-state index in [-0.39, 0.29) is 13.6 Å². The first-order valence-corrected chi connectivity index (χ1v) is 19.1. The van der Waals surface area contributed by atoms with Crippen molar-refractivity contribution in [3.8, 4) is 11.5 Å². The molecule has 0 fully saturated rings. The SMILES string of the molecule is C[Si](C)(C)CCOCOc1cccc(C2=CCN(C(=O)O)CC2)c1OCOCC[Si](C)(C)C. The molecule has 1 N–H and O–H groups in total. The maximum absolute atomic E-state index is 11.3. The molecule has 0 atom stereocenters. The van der Waals surface area contributed by atoms with E-state index in [2.05, 4.69) is 39.3 Å². The van der Waals surface area contributed by atoms with Crippen LogP contribution in [0.25, 0.3) is 5.57 Å². The lowest BCUT2D eigenvalue weighted by molar-refractivity contribution is 0.00559. The summed E-state index contributed by atoms with van der Waals surface area (Å²) in [6, 6.07) is 7.93. The van der Waals surface area contributed by atoms with Gasteiger partial charge in [-0.1, -0.05) is 57.5 Å². The first kappa shape index (κ1) is 27.4. The number of rotatable bonds is 13. The van der Waals surface area contributed by atoms with E-state index in [1.807, 2.05) is 24.3 Å². The van der Waals surface area contributed by atoms with E-state index in [9.17, 15) is 9.90 Å². The molecule has 0 unspecified atom stereocenters. The Morgan fingerprint density at radius 1 is 0.970 bits per heavy atom. The van der Waals surface area contributed by atoms with E-state index < -0.39 is 22.2 Å². The highest BCUT2D eigenvalue weighted by atomic mass is 28.3. The lowest BCUT2D eigenvalue weighted by atomic mass is 9.98. The largest absolute Gasteiger partial charge is 0.465 e. The molecule has 0 radical (unpaired) electrons. The molecule has 1 heterocycles. The van der Waals surface area contributed by atoms with E-state index >= 15 is 0 Å². The second-order valence-electron chi connectivity index (χ2n) is 10.8. The molecule has 0 aromatic heterocycles. The standard InChI is InChI=1S/C24H41NO6Si2/c1-32(2,3)16-14-28-18-30-22-9-7-8-21(20-10-12-25(13-11-20)24(26)27)23(22)31-19-29-15-17-33(4,5)6/h7-10H,11-19H2,1-6H3,(H,26,27). The van der Waals surface area contributed by atoms with Crippen LogP contribution in [0.5, 0.6) is 11.5 Å². The van der Waals surface area contributed by atoms with Gasteiger partial charge in [-0.05, 0) is 30.1 Å². The Kier molecular flexibility index (Phi) is 10.5. The summed E-state index contributed by atoms with van der Waals surface area (Å²) >= 11 is 0. The first-order valence-electron chi connectivity index (χ1n) is 11.7. The van der Waals surface area contributed by atoms with Crippen LogP contribution in [0.1, 0.15) is 12.0 Å². The van der Waals surface area contributed by atoms with Gasteiger partial charge in [0.15, 0.2) is 25.1 Å². The molecule has 1 aromatic carbocycles. The Balaban J connectivity index is 2.08. The van der Waals surface area contributed by atoms with Gasteiger partial charge in [-0.15, -0.1) is 0 Å². The molecule has 0 aliphatic carbocycles. The number of benzene rings is 1. The fourth-order valence-corrected chi connectivity index (χ4v) is 4.71. The molecule has 0 bridgehead atoms. The number of ether oxygens (including phenoxy) is 4. The number of para-hydroxylation sites is 1. The van der Waals surface area contributed by atoms with Crippen LogP contribution in [0.15, 0.2) is 24.3 Å². The van der Waals surface area contributed by atoms with E-state index in [1.165, 1.54) is 4.90 Å². The maximum atomic E-state index is 11.3. The molecular formula is C24H41NO6Si2. The van der Waals surface area contributed by atoms with Gasteiger partial charge in [-0.3, -0.25) is 0 Å². The van der Waals surface area contributed by atoms with E-state index in [4.69, 9.17) is 18.9 Å². The third-order valence-corrected chi connectivity index (χ3v) is 8.79. The predicted molar refractivity (Wildman–Crippen MR) is 138 cm³/mol. The molecule has 0 spiro atoms. The average Bonchev–Trinajstić information content (AvgIpc) is 2.72. The van der Waals surface area contributed by atoms with Gasteiger partial charge in [0.05, 0.1) is 0 Å². The maximum Gasteiger partial charge on any atom is 0.407 e. The quantitative estimate of drug-likeness (QED) is 0.211. The molecule has 186 valence electrons. The summed E-state index contributed by atoms with van der Waals surface area (Å²) in [6.45, 7) is 16.4. The lowest BCUT2D eigenvalue weighted by Crippen LogP contribution is -2.33. The average molecular weight is 496 g/mol. The summed E-state index contributed by atoms with van der Waals surface area (Å²) in [5, 5.41) is 9.24. The van der Waals surface area contributed by atoms with Gasteiger partial charge in [0.1, 0.15) is 0 Å². The summed E-state index contributed by atoms with van der Waals surface area (Å²) in [5.41, 5.74) is 1.96. The molecule has 33 heavy (non-hydrogen) atoms. The van der Waals surface area contributed by atoms with E-state index in [1.54, 1.807) is 0 Å². The lowest BCUT2D eigenvalue weighted by Gasteiger charge is -2.25. The Morgan fingerprint density at radius 3 is 2.09 bits per heavy atom. The molecule has 0 saturated heterocycles. The van der Waals surface area contributed by atoms with Gasteiger partial charge >= 0.3 is 6.09 Å². The van der Waals surface area contributed by atoms with Crippen molar-refractivity contribution >= 4 is 27.8 Å². The van der Waals surface area contributed by atoms with Gasteiger partial charge in [0.2, 0.25) is 0 Å². The number of carboxylic acid groups (broad SMARTS) is 1. The van der Waals surface area contributed by atoms with Crippen LogP contribution >= 0.6 is 0 Å². The topological polar surface area (TPSA) is 77.5 Å². The van der Waals surface area contributed by atoms with Crippen molar-refractivity contribution in [1.82, 2.24) is 4.90 Å². The Labute approximate surface area is 200 Å². The van der Waals surface area contributed by atoms with Gasteiger partial charge in [0, 0.05) is 48.0 Å². The molecule has 1 aliphatic rings. The highest BCUT2D eigenvalue weighted by Crippen LogP contribution is 2.38. The monoisotopic (exact) mass is 495 g/mol. The van der Waals surface area contributed by atoms with Crippen LogP contribution < -0.4 is 9.47 Å². The summed E-state index contributed by atoms with van der Waals surface area (Å²) in [7, 11) is -2.32. The number of carbonyl (C=O) groups is 1. The van der Waals surface area contributed by atoms with Gasteiger partial charge in [-0.2, -0.15) is 0 Å². The first-order chi connectivity index (χ1) is 15.5. The summed E-state index contributed by atoms with van der Waals surface area (Å²) in [5.74, 6) is 1.23. The molecule has 1 aliphatic heterocycles. The van der Waals surface area contributed by atoms with Crippen LogP contribution in [0, 0.1) is 0 Å². The second-order valence-corrected chi connectivity index (χ2v) is 22.0. The Hall–Kier alpha value is -1.82. The number of hydrogen-bond donors (Lipinski definition) is 1. The normalized spacial score (nSPS) is 14.7. The number of amides is 1. The second kappa shape index (κ2) is 12.6. The molecule has 1 aromatic rings. The minimum atomic E-state index is -1.17. The van der Waals surface area contributed by atoms with Crippen molar-refractivity contribution < 1.29 is 28.8 Å². The molecule has 7 nitrogen and oxygen atoms in total. The Bertz CT molecular complexity index is 801. The summed E-state index contributed by atoms with van der Waals surface area (Å²) in [6.07, 6.45) is 1.67. The van der Waals surface area contributed by atoms with Crippen molar-refractivity contribution in [3.05, 3.63) is 29.8 Å². The van der Waals surface area contributed by atoms with Crippen molar-refractivity contribution in [2.45, 2.75) is 57.8 Å². The van der Waals surface area contributed by atoms with Gasteiger partial charge in [0.25, 0.3) is 0 Å². The zero-order chi connectivity index (χ0) is 24.5. The molecule has 9 heteroatoms. The highest BCUT2D eigenvalue weighted by molar-refractivity contribution is 6.76. The minimum Gasteiger partial charge on any atom is -0.465 e. The van der Waals surface area contributed by atoms with Crippen molar-refractivity contribution in [2.24, 2.45) is 0 Å². The number of hydrogen-bond acceptors (Lipinski definition) is 5. The summed E-state index contributed by atoms with van der Waals surface area (Å²) < 4.78 is 23.5. The van der Waals surface area contributed by atoms with Crippen molar-refractivity contribution in [1.29, 1.82) is 0 Å². The van der Waals surface area contributed by atoms with Crippen molar-refractivity contribution in [3.63, 3.8) is 0 Å². The summed E-state index contributed by atoms with van der Waals surface area (Å²) in [4.78, 5) is 12.7. The zero-order valence-corrected chi connectivity index (χ0v) is 23.1. The third kappa shape index (κ3) is 10.3. The van der Waals surface area contributed by atoms with Gasteiger partial charge in [-0.25, -0.2) is 4.79 Å². The van der Waals surface area contributed by atoms with Gasteiger partial charge < -0.3 is 29.0 Å².